The molecule has 2 aromatic carbocycles. The van der Waals surface area contributed by atoms with Crippen LogP contribution < -0.4 is 9.47 Å². The summed E-state index contributed by atoms with van der Waals surface area (Å²) < 4.78 is 24.8. The van der Waals surface area contributed by atoms with Crippen LogP contribution >= 0.6 is 0 Å². The molecule has 0 radical (unpaired) electrons. The zero-order chi connectivity index (χ0) is 17.7. The molecule has 0 amide bonds. The lowest BCUT2D eigenvalue weighted by molar-refractivity contribution is 0.155. The van der Waals surface area contributed by atoms with E-state index >= 15 is 0 Å². The molecule has 6 heteroatoms. The molecular formula is C19H20FNO4. The largest absolute Gasteiger partial charge is 0.504 e. The minimum atomic E-state index is -0.367. The Bertz CT molecular complexity index is 852. The Morgan fingerprint density at radius 2 is 1.84 bits per heavy atom. The summed E-state index contributed by atoms with van der Waals surface area (Å²) in [5.74, 6) is 0.355. The fourth-order valence-electron chi connectivity index (χ4n) is 4.01. The quantitative estimate of drug-likeness (QED) is 0.876. The lowest BCUT2D eigenvalue weighted by Crippen LogP contribution is -2.39. The summed E-state index contributed by atoms with van der Waals surface area (Å²) >= 11 is 0. The molecule has 0 spiro atoms. The molecule has 0 saturated carbocycles. The monoisotopic (exact) mass is 345 g/mol. The first-order valence-corrected chi connectivity index (χ1v) is 8.24. The summed E-state index contributed by atoms with van der Waals surface area (Å²) in [6.45, 7) is 1.25. The highest BCUT2D eigenvalue weighted by atomic mass is 19.1. The third kappa shape index (κ3) is 2.40. The van der Waals surface area contributed by atoms with E-state index in [-0.39, 0.29) is 29.1 Å². The fourth-order valence-corrected chi connectivity index (χ4v) is 4.01. The number of hydrogen-bond donors (Lipinski definition) is 2. The second-order valence-corrected chi connectivity index (χ2v) is 6.53. The topological polar surface area (TPSA) is 62.2 Å². The Kier molecular flexibility index (Phi) is 3.72. The van der Waals surface area contributed by atoms with Crippen molar-refractivity contribution in [3.05, 3.63) is 46.3 Å². The average Bonchev–Trinajstić information content (AvgIpc) is 2.63. The third-order valence-electron chi connectivity index (χ3n) is 5.32. The van der Waals surface area contributed by atoms with E-state index in [2.05, 4.69) is 4.90 Å². The zero-order valence-electron chi connectivity index (χ0n) is 14.2. The van der Waals surface area contributed by atoms with Crippen molar-refractivity contribution in [1.29, 1.82) is 0 Å². The lowest BCUT2D eigenvalue weighted by Gasteiger charge is -2.41. The van der Waals surface area contributed by atoms with E-state index in [1.165, 1.54) is 20.3 Å². The van der Waals surface area contributed by atoms with Gasteiger partial charge in [-0.15, -0.1) is 0 Å². The number of aromatic hydroxyl groups is 2. The maximum absolute atomic E-state index is 14.6. The number of phenolic OH excluding ortho intramolecular Hbond substituents is 2. The van der Waals surface area contributed by atoms with Gasteiger partial charge < -0.3 is 19.7 Å². The van der Waals surface area contributed by atoms with Crippen LogP contribution in [0.3, 0.4) is 0 Å². The van der Waals surface area contributed by atoms with Crippen molar-refractivity contribution < 1.29 is 24.1 Å². The zero-order valence-corrected chi connectivity index (χ0v) is 14.2. The van der Waals surface area contributed by atoms with E-state index in [0.29, 0.717) is 29.8 Å². The normalized spacial score (nSPS) is 18.9. The molecule has 2 aromatic rings. The number of nitrogens with zero attached hydrogens (tertiary/aromatic N) is 1. The number of benzene rings is 2. The van der Waals surface area contributed by atoms with Crippen LogP contribution in [-0.2, 0) is 19.4 Å². The summed E-state index contributed by atoms with van der Waals surface area (Å²) in [6.07, 6.45) is 1.25. The average molecular weight is 345 g/mol. The van der Waals surface area contributed by atoms with Crippen molar-refractivity contribution in [2.45, 2.75) is 25.4 Å². The number of phenols is 2. The predicted molar refractivity (Wildman–Crippen MR) is 89.8 cm³/mol. The second kappa shape index (κ2) is 5.81. The Balaban J connectivity index is 1.80. The molecule has 0 aromatic heterocycles. The van der Waals surface area contributed by atoms with Gasteiger partial charge in [0.15, 0.2) is 23.0 Å². The maximum Gasteiger partial charge on any atom is 0.163 e. The van der Waals surface area contributed by atoms with E-state index in [4.69, 9.17) is 9.47 Å². The minimum Gasteiger partial charge on any atom is -0.504 e. The Morgan fingerprint density at radius 3 is 2.56 bits per heavy atom. The second-order valence-electron chi connectivity index (χ2n) is 6.53. The van der Waals surface area contributed by atoms with Crippen LogP contribution in [0, 0.1) is 5.82 Å². The standard InChI is InChI=1S/C19H20FNO4/c1-24-17-5-10-3-4-21-9-13-12(6-15(21)11(10)7-16(17)22)14(20)8-18(25-2)19(13)23/h5,7-8,15,22-23H,3-4,6,9H2,1-2H3. The summed E-state index contributed by atoms with van der Waals surface area (Å²) in [5.41, 5.74) is 3.21. The molecule has 2 N–H and O–H groups in total. The predicted octanol–water partition coefficient (Wildman–Crippen LogP) is 2.91. The van der Waals surface area contributed by atoms with Gasteiger partial charge >= 0.3 is 0 Å². The summed E-state index contributed by atoms with van der Waals surface area (Å²) in [5, 5.41) is 20.5. The van der Waals surface area contributed by atoms with Gasteiger partial charge in [-0.2, -0.15) is 0 Å². The van der Waals surface area contributed by atoms with Gasteiger partial charge in [0.1, 0.15) is 5.82 Å². The van der Waals surface area contributed by atoms with Crippen LogP contribution in [-0.4, -0.2) is 35.9 Å². The molecule has 2 heterocycles. The van der Waals surface area contributed by atoms with E-state index in [1.807, 2.05) is 6.07 Å². The highest BCUT2D eigenvalue weighted by Crippen LogP contribution is 2.46. The molecule has 25 heavy (non-hydrogen) atoms. The molecule has 0 aliphatic carbocycles. The van der Waals surface area contributed by atoms with E-state index in [0.717, 1.165) is 24.1 Å². The van der Waals surface area contributed by atoms with Crippen LogP contribution in [0.15, 0.2) is 18.2 Å². The summed E-state index contributed by atoms with van der Waals surface area (Å²) in [6, 6.07) is 4.78. The summed E-state index contributed by atoms with van der Waals surface area (Å²) in [7, 11) is 2.94. The SMILES string of the molecule is COc1cc2c(cc1O)C1Cc3c(F)cc(OC)c(O)c3CN1CC2. The van der Waals surface area contributed by atoms with Gasteiger partial charge in [0.05, 0.1) is 14.2 Å². The Hall–Kier alpha value is -2.47. The van der Waals surface area contributed by atoms with E-state index in [9.17, 15) is 14.6 Å². The van der Waals surface area contributed by atoms with Gasteiger partial charge in [0.2, 0.25) is 0 Å². The highest BCUT2D eigenvalue weighted by molar-refractivity contribution is 5.54. The van der Waals surface area contributed by atoms with Gasteiger partial charge in [0.25, 0.3) is 0 Å². The van der Waals surface area contributed by atoms with Crippen molar-refractivity contribution in [2.75, 3.05) is 20.8 Å². The molecule has 2 aliphatic rings. The van der Waals surface area contributed by atoms with Gasteiger partial charge in [-0.05, 0) is 41.7 Å². The van der Waals surface area contributed by atoms with Crippen LogP contribution in [0.4, 0.5) is 4.39 Å². The first-order valence-electron chi connectivity index (χ1n) is 8.24. The maximum atomic E-state index is 14.6. The van der Waals surface area contributed by atoms with Crippen molar-refractivity contribution in [3.8, 4) is 23.0 Å². The van der Waals surface area contributed by atoms with Gasteiger partial charge in [-0.25, -0.2) is 4.39 Å². The number of ether oxygens (including phenoxy) is 2. The van der Waals surface area contributed by atoms with Gasteiger partial charge in [-0.3, -0.25) is 4.90 Å². The molecule has 0 bridgehead atoms. The van der Waals surface area contributed by atoms with Gasteiger partial charge in [-0.1, -0.05) is 0 Å². The molecule has 1 unspecified atom stereocenters. The number of fused-ring (bicyclic) bond motifs is 4. The van der Waals surface area contributed by atoms with Crippen molar-refractivity contribution in [1.82, 2.24) is 4.90 Å². The van der Waals surface area contributed by atoms with Crippen molar-refractivity contribution in [3.63, 3.8) is 0 Å². The third-order valence-corrected chi connectivity index (χ3v) is 5.32. The molecule has 0 saturated heterocycles. The van der Waals surface area contributed by atoms with Crippen molar-refractivity contribution >= 4 is 0 Å². The first kappa shape index (κ1) is 16.0. The fraction of sp³-hybridized carbons (Fsp3) is 0.368. The van der Waals surface area contributed by atoms with Crippen molar-refractivity contribution in [2.24, 2.45) is 0 Å². The van der Waals surface area contributed by atoms with Crippen LogP contribution in [0.5, 0.6) is 23.0 Å². The highest BCUT2D eigenvalue weighted by Gasteiger charge is 2.36. The molecule has 5 nitrogen and oxygen atoms in total. The Labute approximate surface area is 145 Å². The molecule has 132 valence electrons. The van der Waals surface area contributed by atoms with Crippen LogP contribution in [0.1, 0.15) is 28.3 Å². The molecule has 4 rings (SSSR count). The Morgan fingerprint density at radius 1 is 1.08 bits per heavy atom. The lowest BCUT2D eigenvalue weighted by atomic mass is 9.83. The van der Waals surface area contributed by atoms with Crippen LogP contribution in [0.2, 0.25) is 0 Å². The molecular weight excluding hydrogens is 325 g/mol. The van der Waals surface area contributed by atoms with E-state index < -0.39 is 0 Å². The number of hydrogen-bond acceptors (Lipinski definition) is 5. The molecule has 1 atom stereocenters. The molecule has 2 aliphatic heterocycles. The van der Waals surface area contributed by atoms with Gasteiger partial charge in [0, 0.05) is 30.8 Å². The van der Waals surface area contributed by atoms with Crippen LogP contribution in [0.25, 0.3) is 0 Å². The number of rotatable bonds is 2. The smallest absolute Gasteiger partial charge is 0.163 e. The first-order chi connectivity index (χ1) is 12.0. The number of methoxy groups -OCH3 is 2. The molecule has 0 fully saturated rings. The summed E-state index contributed by atoms with van der Waals surface area (Å²) in [4.78, 5) is 2.20. The minimum absolute atomic E-state index is 0.0146. The van der Waals surface area contributed by atoms with E-state index in [1.54, 1.807) is 6.07 Å². The number of halogens is 1.